The molecule has 5 nitrogen and oxygen atoms in total. The molecule has 0 radical (unpaired) electrons. The highest BCUT2D eigenvalue weighted by atomic mass is 16.5. The van der Waals surface area contributed by atoms with E-state index in [0.29, 0.717) is 18.0 Å². The first kappa shape index (κ1) is 15.1. The molecule has 2 heterocycles. The van der Waals surface area contributed by atoms with E-state index < -0.39 is 0 Å². The first-order chi connectivity index (χ1) is 11.6. The number of phenols is 2. The Hall–Kier alpha value is -2.40. The van der Waals surface area contributed by atoms with Crippen molar-refractivity contribution in [2.45, 2.75) is 25.4 Å². The normalized spacial score (nSPS) is 19.2. The van der Waals surface area contributed by atoms with E-state index in [9.17, 15) is 10.2 Å². The number of hydrogen-bond acceptors (Lipinski definition) is 5. The van der Waals surface area contributed by atoms with Crippen LogP contribution >= 0.6 is 0 Å². The van der Waals surface area contributed by atoms with Gasteiger partial charge >= 0.3 is 0 Å². The Balaban J connectivity index is 1.77. The van der Waals surface area contributed by atoms with Crippen molar-refractivity contribution >= 4 is 0 Å². The van der Waals surface area contributed by atoms with Gasteiger partial charge in [0.15, 0.2) is 23.0 Å². The molecule has 2 N–H and O–H groups in total. The Morgan fingerprint density at radius 2 is 1.83 bits per heavy atom. The van der Waals surface area contributed by atoms with Gasteiger partial charge in [-0.05, 0) is 47.7 Å². The molecule has 0 spiro atoms. The Kier molecular flexibility index (Phi) is 3.53. The van der Waals surface area contributed by atoms with Crippen LogP contribution in [0.25, 0.3) is 0 Å². The zero-order valence-electron chi connectivity index (χ0n) is 13.9. The highest BCUT2D eigenvalue weighted by molar-refractivity contribution is 5.53. The van der Waals surface area contributed by atoms with Crippen LogP contribution in [0.2, 0.25) is 0 Å². The summed E-state index contributed by atoms with van der Waals surface area (Å²) in [5.74, 6) is 1.49. The molecule has 0 amide bonds. The van der Waals surface area contributed by atoms with E-state index in [-0.39, 0.29) is 17.5 Å². The highest BCUT2D eigenvalue weighted by Gasteiger charge is 2.34. The van der Waals surface area contributed by atoms with Crippen molar-refractivity contribution in [1.82, 2.24) is 4.90 Å². The molecule has 0 unspecified atom stereocenters. The number of nitrogens with zero attached hydrogens (tertiary/aromatic N) is 1. The molecule has 24 heavy (non-hydrogen) atoms. The fourth-order valence-electron chi connectivity index (χ4n) is 3.96. The van der Waals surface area contributed by atoms with Crippen LogP contribution in [0.4, 0.5) is 0 Å². The summed E-state index contributed by atoms with van der Waals surface area (Å²) >= 11 is 0. The number of methoxy groups -OCH3 is 2. The van der Waals surface area contributed by atoms with Crippen LogP contribution in [-0.2, 0) is 19.4 Å². The molecule has 2 aromatic carbocycles. The van der Waals surface area contributed by atoms with Gasteiger partial charge in [-0.15, -0.1) is 0 Å². The molecule has 0 fully saturated rings. The Morgan fingerprint density at radius 1 is 1.04 bits per heavy atom. The minimum Gasteiger partial charge on any atom is -0.504 e. The lowest BCUT2D eigenvalue weighted by molar-refractivity contribution is 0.157. The molecule has 0 saturated carbocycles. The maximum Gasteiger partial charge on any atom is 0.162 e. The van der Waals surface area contributed by atoms with Gasteiger partial charge in [0, 0.05) is 24.7 Å². The number of phenolic OH excluding ortho intramolecular Hbond substituents is 2. The summed E-state index contributed by atoms with van der Waals surface area (Å²) in [7, 11) is 3.14. The van der Waals surface area contributed by atoms with Crippen molar-refractivity contribution in [3.8, 4) is 23.0 Å². The van der Waals surface area contributed by atoms with E-state index in [4.69, 9.17) is 9.47 Å². The predicted molar refractivity (Wildman–Crippen MR) is 89.9 cm³/mol. The molecule has 0 aromatic heterocycles. The van der Waals surface area contributed by atoms with E-state index in [2.05, 4.69) is 4.90 Å². The van der Waals surface area contributed by atoms with E-state index in [1.165, 1.54) is 11.1 Å². The van der Waals surface area contributed by atoms with Crippen molar-refractivity contribution in [2.75, 3.05) is 20.8 Å². The lowest BCUT2D eigenvalue weighted by Gasteiger charge is -2.41. The molecule has 0 bridgehead atoms. The molecule has 0 aliphatic carbocycles. The number of ether oxygens (including phenoxy) is 2. The minimum atomic E-state index is 0.197. The van der Waals surface area contributed by atoms with E-state index in [1.807, 2.05) is 24.3 Å². The molecule has 4 rings (SSSR count). The van der Waals surface area contributed by atoms with Gasteiger partial charge in [0.2, 0.25) is 0 Å². The van der Waals surface area contributed by atoms with Crippen molar-refractivity contribution in [3.63, 3.8) is 0 Å². The summed E-state index contributed by atoms with van der Waals surface area (Å²) in [6, 6.07) is 7.88. The molecule has 2 aromatic rings. The molecule has 2 aliphatic rings. The van der Waals surface area contributed by atoms with Crippen molar-refractivity contribution in [3.05, 3.63) is 46.5 Å². The van der Waals surface area contributed by atoms with Crippen LogP contribution in [0, 0.1) is 0 Å². The van der Waals surface area contributed by atoms with Gasteiger partial charge in [0.1, 0.15) is 0 Å². The zero-order valence-corrected chi connectivity index (χ0v) is 13.9. The number of benzene rings is 2. The first-order valence-electron chi connectivity index (χ1n) is 8.14. The maximum atomic E-state index is 10.4. The van der Waals surface area contributed by atoms with Crippen LogP contribution in [0.1, 0.15) is 28.3 Å². The molecular weight excluding hydrogens is 306 g/mol. The summed E-state index contributed by atoms with van der Waals surface area (Å²) in [5.41, 5.74) is 4.49. The van der Waals surface area contributed by atoms with Gasteiger partial charge < -0.3 is 19.7 Å². The Labute approximate surface area is 141 Å². The Bertz CT molecular complexity index is 802. The lowest BCUT2D eigenvalue weighted by Crippen LogP contribution is -2.39. The fraction of sp³-hybridized carbons (Fsp3) is 0.368. The zero-order chi connectivity index (χ0) is 16.8. The summed E-state index contributed by atoms with van der Waals surface area (Å²) in [4.78, 5) is 2.38. The fourth-order valence-corrected chi connectivity index (χ4v) is 3.96. The van der Waals surface area contributed by atoms with Crippen LogP contribution in [0.15, 0.2) is 24.3 Å². The molecular formula is C19H21NO4. The second-order valence-corrected chi connectivity index (χ2v) is 6.42. The summed E-state index contributed by atoms with van der Waals surface area (Å²) in [6.07, 6.45) is 1.71. The van der Waals surface area contributed by atoms with Crippen LogP contribution in [0.5, 0.6) is 23.0 Å². The SMILES string of the molecule is COc1cc2c(cc1O)CCN1Cc3c(ccc(OC)c3O)C[C@@H]21. The third-order valence-electron chi connectivity index (χ3n) is 5.25. The summed E-state index contributed by atoms with van der Waals surface area (Å²) < 4.78 is 10.5. The average Bonchev–Trinajstić information content (AvgIpc) is 2.60. The third-order valence-corrected chi connectivity index (χ3v) is 5.25. The summed E-state index contributed by atoms with van der Waals surface area (Å²) in [6.45, 7) is 1.60. The van der Waals surface area contributed by atoms with Gasteiger partial charge in [0.25, 0.3) is 0 Å². The molecule has 0 saturated heterocycles. The van der Waals surface area contributed by atoms with E-state index >= 15 is 0 Å². The van der Waals surface area contributed by atoms with Crippen molar-refractivity contribution in [2.24, 2.45) is 0 Å². The van der Waals surface area contributed by atoms with Gasteiger partial charge in [-0.2, -0.15) is 0 Å². The second kappa shape index (κ2) is 5.60. The number of aromatic hydroxyl groups is 2. The molecule has 126 valence electrons. The quantitative estimate of drug-likeness (QED) is 0.888. The minimum absolute atomic E-state index is 0.197. The van der Waals surface area contributed by atoms with Gasteiger partial charge in [-0.1, -0.05) is 6.07 Å². The predicted octanol–water partition coefficient (Wildman–Crippen LogP) is 2.77. The average molecular weight is 327 g/mol. The number of fused-ring (bicyclic) bond motifs is 4. The lowest BCUT2D eigenvalue weighted by atomic mass is 9.83. The smallest absolute Gasteiger partial charge is 0.162 e. The standard InChI is InChI=1S/C19H21NO4/c1-23-17-4-3-11-7-15-13-9-18(24-2)16(21)8-12(13)5-6-20(15)10-14(11)19(17)22/h3-4,8-9,15,21-22H,5-7,10H2,1-2H3/t15-/m0/s1. The van der Waals surface area contributed by atoms with Gasteiger partial charge in [0.05, 0.1) is 14.2 Å². The second-order valence-electron chi connectivity index (χ2n) is 6.42. The first-order valence-corrected chi connectivity index (χ1v) is 8.14. The van der Waals surface area contributed by atoms with Crippen molar-refractivity contribution < 1.29 is 19.7 Å². The van der Waals surface area contributed by atoms with Crippen LogP contribution < -0.4 is 9.47 Å². The van der Waals surface area contributed by atoms with Crippen molar-refractivity contribution in [1.29, 1.82) is 0 Å². The monoisotopic (exact) mass is 327 g/mol. The topological polar surface area (TPSA) is 62.2 Å². The summed E-state index contributed by atoms with van der Waals surface area (Å²) in [5, 5.41) is 20.5. The van der Waals surface area contributed by atoms with Crippen LogP contribution in [0.3, 0.4) is 0 Å². The highest BCUT2D eigenvalue weighted by Crippen LogP contribution is 2.45. The maximum absolute atomic E-state index is 10.4. The van der Waals surface area contributed by atoms with Gasteiger partial charge in [-0.3, -0.25) is 4.90 Å². The Morgan fingerprint density at radius 3 is 2.58 bits per heavy atom. The molecule has 5 heteroatoms. The van der Waals surface area contributed by atoms with Crippen LogP contribution in [-0.4, -0.2) is 35.9 Å². The third kappa shape index (κ3) is 2.19. The van der Waals surface area contributed by atoms with E-state index in [0.717, 1.165) is 30.5 Å². The number of hydrogen-bond donors (Lipinski definition) is 2. The molecule has 2 aliphatic heterocycles. The largest absolute Gasteiger partial charge is 0.504 e. The van der Waals surface area contributed by atoms with Gasteiger partial charge in [-0.25, -0.2) is 0 Å². The molecule has 1 atom stereocenters. The number of rotatable bonds is 2. The van der Waals surface area contributed by atoms with E-state index in [1.54, 1.807) is 14.2 Å².